The summed E-state index contributed by atoms with van der Waals surface area (Å²) in [7, 11) is 0. The van der Waals surface area contributed by atoms with Crippen LogP contribution in [0.1, 0.15) is 48.3 Å². The lowest BCUT2D eigenvalue weighted by atomic mass is 10.00. The van der Waals surface area contributed by atoms with Gasteiger partial charge in [0.1, 0.15) is 0 Å². The number of carbonyl (C=O) groups is 1. The third-order valence-corrected chi connectivity index (χ3v) is 4.60. The van der Waals surface area contributed by atoms with Crippen molar-refractivity contribution in [3.8, 4) is 0 Å². The number of likely N-dealkylation sites (tertiary alicyclic amines) is 1. The molecular formula is C16H21N5O3. The highest BCUT2D eigenvalue weighted by atomic mass is 16.5. The first-order valence-corrected chi connectivity index (χ1v) is 8.37. The molecule has 0 aromatic carbocycles. The molecule has 1 amide bonds. The minimum atomic E-state index is -0.122. The van der Waals surface area contributed by atoms with Gasteiger partial charge in [0.05, 0.1) is 36.3 Å². The Morgan fingerprint density at radius 2 is 2.33 bits per heavy atom. The Morgan fingerprint density at radius 3 is 3.17 bits per heavy atom. The van der Waals surface area contributed by atoms with Crippen LogP contribution < -0.4 is 0 Å². The second-order valence-corrected chi connectivity index (χ2v) is 6.91. The molecule has 1 saturated heterocycles. The van der Waals surface area contributed by atoms with Crippen molar-refractivity contribution in [3.05, 3.63) is 29.4 Å². The van der Waals surface area contributed by atoms with E-state index in [1.54, 1.807) is 17.2 Å². The molecule has 4 rings (SSSR count). The fourth-order valence-corrected chi connectivity index (χ4v) is 3.45. The molecule has 24 heavy (non-hydrogen) atoms. The molecule has 0 N–H and O–H groups in total. The number of rotatable bonds is 3. The minimum Gasteiger partial charge on any atom is -0.370 e. The maximum atomic E-state index is 12.7. The molecular weight excluding hydrogens is 310 g/mol. The maximum Gasteiger partial charge on any atom is 0.292 e. The number of ether oxygens (including phenoxy) is 1. The van der Waals surface area contributed by atoms with E-state index in [2.05, 4.69) is 29.3 Å². The number of hydrogen-bond acceptors (Lipinski definition) is 6. The van der Waals surface area contributed by atoms with E-state index in [9.17, 15) is 4.79 Å². The maximum absolute atomic E-state index is 12.7. The SMILES string of the molecule is CC(C)Cc1cc(C(=O)N2CC[C@H]3OCc4cnnn4[C@H]3C2)on1. The van der Waals surface area contributed by atoms with Gasteiger partial charge >= 0.3 is 0 Å². The Balaban J connectivity index is 1.50. The summed E-state index contributed by atoms with van der Waals surface area (Å²) in [4.78, 5) is 14.5. The quantitative estimate of drug-likeness (QED) is 0.846. The average molecular weight is 331 g/mol. The van der Waals surface area contributed by atoms with E-state index < -0.39 is 0 Å². The Bertz CT molecular complexity index is 738. The zero-order valence-electron chi connectivity index (χ0n) is 13.9. The number of nitrogens with zero attached hydrogens (tertiary/aromatic N) is 5. The number of fused-ring (bicyclic) bond motifs is 3. The van der Waals surface area contributed by atoms with Gasteiger partial charge in [0, 0.05) is 19.2 Å². The summed E-state index contributed by atoms with van der Waals surface area (Å²) in [5.74, 6) is 0.654. The zero-order valence-corrected chi connectivity index (χ0v) is 13.9. The first-order chi connectivity index (χ1) is 11.6. The van der Waals surface area contributed by atoms with Gasteiger partial charge in [-0.05, 0) is 18.8 Å². The predicted octanol–water partition coefficient (Wildman–Crippen LogP) is 1.45. The van der Waals surface area contributed by atoms with E-state index >= 15 is 0 Å². The van der Waals surface area contributed by atoms with Crippen LogP contribution in [0.15, 0.2) is 16.8 Å². The first-order valence-electron chi connectivity index (χ1n) is 8.37. The van der Waals surface area contributed by atoms with Gasteiger partial charge in [-0.15, -0.1) is 5.10 Å². The molecule has 2 aromatic heterocycles. The molecule has 2 aromatic rings. The monoisotopic (exact) mass is 331 g/mol. The van der Waals surface area contributed by atoms with Crippen LogP contribution in [-0.4, -0.2) is 50.2 Å². The topological polar surface area (TPSA) is 86.3 Å². The molecule has 2 aliphatic heterocycles. The molecule has 2 aliphatic rings. The van der Waals surface area contributed by atoms with Gasteiger partial charge in [-0.3, -0.25) is 4.79 Å². The predicted molar refractivity (Wildman–Crippen MR) is 83.2 cm³/mol. The largest absolute Gasteiger partial charge is 0.370 e. The van der Waals surface area contributed by atoms with E-state index in [0.717, 1.165) is 24.2 Å². The third kappa shape index (κ3) is 2.71. The lowest BCUT2D eigenvalue weighted by molar-refractivity contribution is -0.0609. The fourth-order valence-electron chi connectivity index (χ4n) is 3.45. The highest BCUT2D eigenvalue weighted by Crippen LogP contribution is 2.30. The van der Waals surface area contributed by atoms with Gasteiger partial charge in [-0.1, -0.05) is 24.2 Å². The summed E-state index contributed by atoms with van der Waals surface area (Å²) in [6.07, 6.45) is 3.38. The molecule has 0 unspecified atom stereocenters. The van der Waals surface area contributed by atoms with E-state index in [0.29, 0.717) is 31.4 Å². The summed E-state index contributed by atoms with van der Waals surface area (Å²) >= 11 is 0. The molecule has 0 spiro atoms. The van der Waals surface area contributed by atoms with Gasteiger partial charge in [0.15, 0.2) is 0 Å². The fraction of sp³-hybridized carbons (Fsp3) is 0.625. The number of amides is 1. The minimum absolute atomic E-state index is 0.00649. The Morgan fingerprint density at radius 1 is 1.46 bits per heavy atom. The van der Waals surface area contributed by atoms with E-state index in [1.165, 1.54) is 0 Å². The van der Waals surface area contributed by atoms with Gasteiger partial charge in [-0.25, -0.2) is 4.68 Å². The van der Waals surface area contributed by atoms with Crippen LogP contribution >= 0.6 is 0 Å². The molecule has 0 bridgehead atoms. The van der Waals surface area contributed by atoms with Crippen molar-refractivity contribution in [2.75, 3.05) is 13.1 Å². The van der Waals surface area contributed by atoms with Gasteiger partial charge < -0.3 is 14.2 Å². The Labute approximate surface area is 139 Å². The number of hydrogen-bond donors (Lipinski definition) is 0. The summed E-state index contributed by atoms with van der Waals surface area (Å²) in [5, 5.41) is 12.1. The molecule has 0 aliphatic carbocycles. The van der Waals surface area contributed by atoms with Crippen LogP contribution in [0.4, 0.5) is 0 Å². The van der Waals surface area contributed by atoms with Crippen LogP contribution in [0.2, 0.25) is 0 Å². The number of piperidine rings is 1. The lowest BCUT2D eigenvalue weighted by Crippen LogP contribution is -2.49. The van der Waals surface area contributed by atoms with E-state index in [1.807, 2.05) is 4.68 Å². The second kappa shape index (κ2) is 6.01. The smallest absolute Gasteiger partial charge is 0.292 e. The number of carbonyl (C=O) groups excluding carboxylic acids is 1. The molecule has 8 nitrogen and oxygen atoms in total. The van der Waals surface area contributed by atoms with Crippen LogP contribution in [0.25, 0.3) is 0 Å². The molecule has 1 fully saturated rings. The van der Waals surface area contributed by atoms with Crippen molar-refractivity contribution in [1.82, 2.24) is 25.1 Å². The zero-order chi connectivity index (χ0) is 16.7. The van der Waals surface area contributed by atoms with Crippen molar-refractivity contribution < 1.29 is 14.1 Å². The lowest BCUT2D eigenvalue weighted by Gasteiger charge is -2.40. The van der Waals surface area contributed by atoms with Crippen LogP contribution in [0.3, 0.4) is 0 Å². The number of aromatic nitrogens is 4. The third-order valence-electron chi connectivity index (χ3n) is 4.60. The van der Waals surface area contributed by atoms with Crippen molar-refractivity contribution in [2.24, 2.45) is 5.92 Å². The summed E-state index contributed by atoms with van der Waals surface area (Å²) < 4.78 is 13.0. The van der Waals surface area contributed by atoms with Crippen molar-refractivity contribution in [2.45, 2.75) is 45.4 Å². The molecule has 0 saturated carbocycles. The Kier molecular flexibility index (Phi) is 3.84. The summed E-state index contributed by atoms with van der Waals surface area (Å²) in [5.41, 5.74) is 1.77. The van der Waals surface area contributed by atoms with Gasteiger partial charge in [0.25, 0.3) is 5.91 Å². The normalized spacial score (nSPS) is 23.2. The molecule has 2 atom stereocenters. The standard InChI is InChI=1S/C16H21N5O3/c1-10(2)5-11-6-15(24-18-11)16(22)20-4-3-14-13(8-20)21-12(9-23-14)7-17-19-21/h6-7,10,13-14H,3-5,8-9H2,1-2H3/t13-,14+/m0/s1. The van der Waals surface area contributed by atoms with Crippen LogP contribution in [0, 0.1) is 5.92 Å². The van der Waals surface area contributed by atoms with Gasteiger partial charge in [-0.2, -0.15) is 0 Å². The first kappa shape index (κ1) is 15.3. The van der Waals surface area contributed by atoms with E-state index in [-0.39, 0.29) is 18.1 Å². The van der Waals surface area contributed by atoms with E-state index in [4.69, 9.17) is 9.26 Å². The van der Waals surface area contributed by atoms with Crippen molar-refractivity contribution in [3.63, 3.8) is 0 Å². The summed E-state index contributed by atoms with van der Waals surface area (Å²) in [6, 6.07) is 1.76. The average Bonchev–Trinajstić information content (AvgIpc) is 3.22. The van der Waals surface area contributed by atoms with Crippen LogP contribution in [-0.2, 0) is 17.8 Å². The highest BCUT2D eigenvalue weighted by molar-refractivity contribution is 5.91. The summed E-state index contributed by atoms with van der Waals surface area (Å²) in [6.45, 7) is 5.94. The van der Waals surface area contributed by atoms with Gasteiger partial charge in [0.2, 0.25) is 5.76 Å². The molecule has 0 radical (unpaired) electrons. The Hall–Kier alpha value is -2.22. The van der Waals surface area contributed by atoms with Crippen LogP contribution in [0.5, 0.6) is 0 Å². The molecule has 128 valence electrons. The van der Waals surface area contributed by atoms with Crippen molar-refractivity contribution >= 4 is 5.91 Å². The molecule has 8 heteroatoms. The molecule has 4 heterocycles. The highest BCUT2D eigenvalue weighted by Gasteiger charge is 2.38. The van der Waals surface area contributed by atoms with Crippen molar-refractivity contribution in [1.29, 1.82) is 0 Å². The second-order valence-electron chi connectivity index (χ2n) is 6.91.